The molecule has 126 valence electrons. The Labute approximate surface area is 131 Å². The fourth-order valence-electron chi connectivity index (χ4n) is 2.03. The smallest absolute Gasteiger partial charge is 0.133 e. The zero-order valence-electron chi connectivity index (χ0n) is 13.1. The van der Waals surface area contributed by atoms with Gasteiger partial charge in [0.2, 0.25) is 0 Å². The molecule has 22 heavy (non-hydrogen) atoms. The van der Waals surface area contributed by atoms with E-state index in [1.54, 1.807) is 0 Å². The summed E-state index contributed by atoms with van der Waals surface area (Å²) in [5.41, 5.74) is 0. The van der Waals surface area contributed by atoms with Crippen molar-refractivity contribution in [3.8, 4) is 0 Å². The SMILES string of the molecule is O=C(CCCOCC1CO1)CCC(=O)CCCOCC1CO1. The van der Waals surface area contributed by atoms with Crippen LogP contribution in [0.15, 0.2) is 0 Å². The molecule has 2 aliphatic rings. The van der Waals surface area contributed by atoms with Gasteiger partial charge in [0.1, 0.15) is 23.8 Å². The third-order valence-electron chi connectivity index (χ3n) is 3.58. The van der Waals surface area contributed by atoms with Crippen molar-refractivity contribution in [2.24, 2.45) is 0 Å². The number of Topliss-reactive ketones (excluding diaryl/α,β-unsaturated/α-hetero) is 2. The fraction of sp³-hybridized carbons (Fsp3) is 0.875. The van der Waals surface area contributed by atoms with Crippen LogP contribution in [-0.2, 0) is 28.5 Å². The molecule has 2 atom stereocenters. The van der Waals surface area contributed by atoms with Gasteiger partial charge in [-0.25, -0.2) is 0 Å². The molecule has 0 bridgehead atoms. The summed E-state index contributed by atoms with van der Waals surface area (Å²) in [5, 5.41) is 0. The molecule has 6 nitrogen and oxygen atoms in total. The molecule has 2 aliphatic heterocycles. The number of rotatable bonds is 15. The maximum absolute atomic E-state index is 11.6. The van der Waals surface area contributed by atoms with E-state index in [2.05, 4.69) is 0 Å². The maximum Gasteiger partial charge on any atom is 0.133 e. The van der Waals surface area contributed by atoms with E-state index in [0.29, 0.717) is 52.1 Å². The van der Waals surface area contributed by atoms with E-state index in [1.807, 2.05) is 0 Å². The van der Waals surface area contributed by atoms with E-state index < -0.39 is 0 Å². The van der Waals surface area contributed by atoms with Crippen LogP contribution in [0, 0.1) is 0 Å². The average Bonchev–Trinajstić information content (AvgIpc) is 3.38. The second-order valence-corrected chi connectivity index (χ2v) is 5.84. The van der Waals surface area contributed by atoms with Crippen LogP contribution in [-0.4, -0.2) is 63.4 Å². The predicted octanol–water partition coefficient (Wildman–Crippen LogP) is 1.30. The minimum Gasteiger partial charge on any atom is -0.379 e. The van der Waals surface area contributed by atoms with Crippen molar-refractivity contribution in [1.82, 2.24) is 0 Å². The highest BCUT2D eigenvalue weighted by Gasteiger charge is 2.22. The Kier molecular flexibility index (Phi) is 8.01. The van der Waals surface area contributed by atoms with Gasteiger partial charge in [-0.2, -0.15) is 0 Å². The number of hydrogen-bond donors (Lipinski definition) is 0. The van der Waals surface area contributed by atoms with Crippen molar-refractivity contribution in [3.05, 3.63) is 0 Å². The van der Waals surface area contributed by atoms with Crippen molar-refractivity contribution in [3.63, 3.8) is 0 Å². The molecule has 0 saturated carbocycles. The van der Waals surface area contributed by atoms with Gasteiger partial charge >= 0.3 is 0 Å². The van der Waals surface area contributed by atoms with Gasteiger partial charge in [0, 0.05) is 38.9 Å². The third kappa shape index (κ3) is 9.25. The molecular formula is C16H26O6. The van der Waals surface area contributed by atoms with E-state index >= 15 is 0 Å². The minimum absolute atomic E-state index is 0.141. The fourth-order valence-corrected chi connectivity index (χ4v) is 2.03. The lowest BCUT2D eigenvalue weighted by atomic mass is 10.1. The first-order valence-corrected chi connectivity index (χ1v) is 8.16. The van der Waals surface area contributed by atoms with Crippen LogP contribution in [0.1, 0.15) is 38.5 Å². The maximum atomic E-state index is 11.6. The van der Waals surface area contributed by atoms with Crippen LogP contribution in [0.25, 0.3) is 0 Å². The van der Waals surface area contributed by atoms with Crippen molar-refractivity contribution in [2.45, 2.75) is 50.7 Å². The van der Waals surface area contributed by atoms with Gasteiger partial charge in [0.05, 0.1) is 26.4 Å². The Morgan fingerprint density at radius 2 is 1.18 bits per heavy atom. The molecule has 0 amide bonds. The third-order valence-corrected chi connectivity index (χ3v) is 3.58. The van der Waals surface area contributed by atoms with Crippen molar-refractivity contribution >= 4 is 11.6 Å². The molecule has 0 N–H and O–H groups in total. The molecule has 0 aromatic rings. The first kappa shape index (κ1) is 17.5. The summed E-state index contributed by atoms with van der Waals surface area (Å²) in [6, 6.07) is 0. The lowest BCUT2D eigenvalue weighted by Crippen LogP contribution is -2.08. The Hall–Kier alpha value is -0.820. The van der Waals surface area contributed by atoms with Crippen LogP contribution < -0.4 is 0 Å². The highest BCUT2D eigenvalue weighted by atomic mass is 16.6. The van der Waals surface area contributed by atoms with E-state index in [0.717, 1.165) is 26.1 Å². The largest absolute Gasteiger partial charge is 0.379 e. The highest BCUT2D eigenvalue weighted by molar-refractivity contribution is 5.85. The van der Waals surface area contributed by atoms with E-state index in [1.165, 1.54) is 0 Å². The number of carbonyl (C=O) groups excluding carboxylic acids is 2. The lowest BCUT2D eigenvalue weighted by Gasteiger charge is -2.03. The summed E-state index contributed by atoms with van der Waals surface area (Å²) in [7, 11) is 0. The molecule has 0 aliphatic carbocycles. The lowest BCUT2D eigenvalue weighted by molar-refractivity contribution is -0.124. The summed E-state index contributed by atoms with van der Waals surface area (Å²) >= 11 is 0. The molecule has 0 spiro atoms. The zero-order valence-corrected chi connectivity index (χ0v) is 13.1. The Morgan fingerprint density at radius 1 is 0.773 bits per heavy atom. The molecule has 2 fully saturated rings. The summed E-state index contributed by atoms with van der Waals surface area (Å²) in [6.45, 7) is 4.01. The summed E-state index contributed by atoms with van der Waals surface area (Å²) < 4.78 is 20.8. The van der Waals surface area contributed by atoms with Gasteiger partial charge in [-0.1, -0.05) is 0 Å². The van der Waals surface area contributed by atoms with Crippen molar-refractivity contribution in [2.75, 3.05) is 39.6 Å². The Balaban J connectivity index is 1.33. The number of ether oxygens (including phenoxy) is 4. The number of carbonyl (C=O) groups is 2. The molecule has 0 aromatic heterocycles. The molecule has 2 rings (SSSR count). The van der Waals surface area contributed by atoms with Crippen LogP contribution in [0.5, 0.6) is 0 Å². The molecule has 2 heterocycles. The Bertz CT molecular complexity index is 315. The second-order valence-electron chi connectivity index (χ2n) is 5.84. The number of epoxide rings is 2. The van der Waals surface area contributed by atoms with Gasteiger partial charge in [-0.3, -0.25) is 9.59 Å². The van der Waals surface area contributed by atoms with Crippen molar-refractivity contribution < 1.29 is 28.5 Å². The van der Waals surface area contributed by atoms with E-state index in [4.69, 9.17) is 18.9 Å². The first-order chi connectivity index (χ1) is 10.7. The van der Waals surface area contributed by atoms with E-state index in [-0.39, 0.29) is 23.8 Å². The van der Waals surface area contributed by atoms with Crippen LogP contribution in [0.3, 0.4) is 0 Å². The quantitative estimate of drug-likeness (QED) is 0.335. The zero-order chi connectivity index (χ0) is 15.6. The summed E-state index contributed by atoms with van der Waals surface area (Å²) in [5.74, 6) is 0.281. The first-order valence-electron chi connectivity index (χ1n) is 8.16. The van der Waals surface area contributed by atoms with Crippen LogP contribution >= 0.6 is 0 Å². The molecule has 2 unspecified atom stereocenters. The molecule has 2 saturated heterocycles. The number of ketones is 2. The topological polar surface area (TPSA) is 77.7 Å². The molecule has 0 aromatic carbocycles. The summed E-state index contributed by atoms with van der Waals surface area (Å²) in [6.07, 6.45) is 3.66. The van der Waals surface area contributed by atoms with Gasteiger partial charge in [-0.15, -0.1) is 0 Å². The normalized spacial score (nSPS) is 22.5. The predicted molar refractivity (Wildman–Crippen MR) is 78.8 cm³/mol. The van der Waals surface area contributed by atoms with E-state index in [9.17, 15) is 9.59 Å². The molecule has 0 radical (unpaired) electrons. The average molecular weight is 314 g/mol. The minimum atomic E-state index is 0.141. The van der Waals surface area contributed by atoms with Gasteiger partial charge in [0.15, 0.2) is 0 Å². The van der Waals surface area contributed by atoms with Gasteiger partial charge in [-0.05, 0) is 12.8 Å². The highest BCUT2D eigenvalue weighted by Crippen LogP contribution is 2.10. The Morgan fingerprint density at radius 3 is 1.55 bits per heavy atom. The number of hydrogen-bond acceptors (Lipinski definition) is 6. The van der Waals surface area contributed by atoms with Crippen LogP contribution in [0.2, 0.25) is 0 Å². The molecule has 6 heteroatoms. The monoisotopic (exact) mass is 314 g/mol. The van der Waals surface area contributed by atoms with Crippen molar-refractivity contribution in [1.29, 1.82) is 0 Å². The van der Waals surface area contributed by atoms with Gasteiger partial charge < -0.3 is 18.9 Å². The van der Waals surface area contributed by atoms with Gasteiger partial charge in [0.25, 0.3) is 0 Å². The standard InChI is InChI=1S/C16H26O6/c17-13(3-1-7-19-9-15-11-21-15)5-6-14(18)4-2-8-20-10-16-12-22-16/h15-16H,1-12H2. The second kappa shape index (κ2) is 10.0. The molecular weight excluding hydrogens is 288 g/mol. The summed E-state index contributed by atoms with van der Waals surface area (Å²) in [4.78, 5) is 23.3. The van der Waals surface area contributed by atoms with Crippen LogP contribution in [0.4, 0.5) is 0 Å².